The second kappa shape index (κ2) is 7.34. The van der Waals surface area contributed by atoms with Gasteiger partial charge in [0.15, 0.2) is 5.13 Å². The zero-order chi connectivity index (χ0) is 13.5. The molecule has 0 spiro atoms. The van der Waals surface area contributed by atoms with E-state index in [-0.39, 0.29) is 5.92 Å². The highest BCUT2D eigenvalue weighted by atomic mass is 32.1. The quantitative estimate of drug-likeness (QED) is 0.824. The Kier molecular flexibility index (Phi) is 6.10. The molecule has 1 heterocycles. The van der Waals surface area contributed by atoms with Crippen molar-refractivity contribution in [2.45, 2.75) is 27.3 Å². The van der Waals surface area contributed by atoms with E-state index in [1.165, 1.54) is 0 Å². The van der Waals surface area contributed by atoms with Crippen LogP contribution in [-0.4, -0.2) is 25.1 Å². The first-order valence-corrected chi connectivity index (χ1v) is 7.16. The number of hydrogen-bond donors (Lipinski definition) is 1. The number of anilines is 1. The third-order valence-corrected chi connectivity index (χ3v) is 3.50. The molecule has 100 valence electrons. The zero-order valence-corrected chi connectivity index (χ0v) is 12.4. The maximum absolute atomic E-state index is 8.80. The summed E-state index contributed by atoms with van der Waals surface area (Å²) in [7, 11) is 1.98. The van der Waals surface area contributed by atoms with Gasteiger partial charge in [-0.1, -0.05) is 13.8 Å². The summed E-state index contributed by atoms with van der Waals surface area (Å²) < 4.78 is 0. The topological polar surface area (TPSA) is 52.0 Å². The molecule has 1 rings (SSSR count). The Labute approximate surface area is 114 Å². The molecule has 0 radical (unpaired) electrons. The summed E-state index contributed by atoms with van der Waals surface area (Å²) in [6, 6.07) is 2.24. The molecule has 0 aliphatic heterocycles. The van der Waals surface area contributed by atoms with E-state index in [1.54, 1.807) is 11.3 Å². The number of thiazole rings is 1. The van der Waals surface area contributed by atoms with Gasteiger partial charge >= 0.3 is 0 Å². The minimum atomic E-state index is 0.0291. The Bertz CT molecular complexity index is 394. The summed E-state index contributed by atoms with van der Waals surface area (Å²) in [4.78, 5) is 6.61. The van der Waals surface area contributed by atoms with Gasteiger partial charge in [-0.25, -0.2) is 4.98 Å². The molecular formula is C13H22N4S. The van der Waals surface area contributed by atoms with Crippen molar-refractivity contribution in [3.63, 3.8) is 0 Å². The highest BCUT2D eigenvalue weighted by molar-refractivity contribution is 7.13. The van der Waals surface area contributed by atoms with E-state index in [0.717, 1.165) is 30.5 Å². The highest BCUT2D eigenvalue weighted by Gasteiger charge is 2.10. The van der Waals surface area contributed by atoms with Crippen molar-refractivity contribution in [1.82, 2.24) is 10.3 Å². The second-order valence-electron chi connectivity index (χ2n) is 5.06. The van der Waals surface area contributed by atoms with Gasteiger partial charge in [0.2, 0.25) is 0 Å². The first kappa shape index (κ1) is 14.9. The predicted molar refractivity (Wildman–Crippen MR) is 76.7 cm³/mol. The number of aromatic nitrogens is 1. The summed E-state index contributed by atoms with van der Waals surface area (Å²) in [5, 5.41) is 15.2. The summed E-state index contributed by atoms with van der Waals surface area (Å²) in [6.45, 7) is 8.86. The van der Waals surface area contributed by atoms with Crippen LogP contribution < -0.4 is 10.2 Å². The van der Waals surface area contributed by atoms with Crippen LogP contribution in [0.4, 0.5) is 5.13 Å². The second-order valence-corrected chi connectivity index (χ2v) is 5.89. The van der Waals surface area contributed by atoms with E-state index in [9.17, 15) is 0 Å². The van der Waals surface area contributed by atoms with Crippen molar-refractivity contribution >= 4 is 16.5 Å². The molecule has 18 heavy (non-hydrogen) atoms. The molecule has 0 aliphatic rings. The molecule has 1 atom stereocenters. The van der Waals surface area contributed by atoms with E-state index in [1.807, 2.05) is 18.9 Å². The monoisotopic (exact) mass is 266 g/mol. The van der Waals surface area contributed by atoms with E-state index in [4.69, 9.17) is 5.26 Å². The van der Waals surface area contributed by atoms with Crippen LogP contribution in [0, 0.1) is 23.2 Å². The van der Waals surface area contributed by atoms with E-state index in [2.05, 4.69) is 35.6 Å². The number of nitrogens with zero attached hydrogens (tertiary/aromatic N) is 3. The van der Waals surface area contributed by atoms with E-state index < -0.39 is 0 Å². The van der Waals surface area contributed by atoms with Gasteiger partial charge < -0.3 is 10.2 Å². The van der Waals surface area contributed by atoms with Crippen LogP contribution in [-0.2, 0) is 6.54 Å². The molecule has 0 amide bonds. The molecule has 0 saturated heterocycles. The summed E-state index contributed by atoms with van der Waals surface area (Å²) in [6.07, 6.45) is 0. The summed E-state index contributed by atoms with van der Waals surface area (Å²) in [5.41, 5.74) is 1.08. The highest BCUT2D eigenvalue weighted by Crippen LogP contribution is 2.20. The summed E-state index contributed by atoms with van der Waals surface area (Å²) >= 11 is 1.63. The van der Waals surface area contributed by atoms with Crippen molar-refractivity contribution < 1.29 is 0 Å². The molecule has 0 fully saturated rings. The van der Waals surface area contributed by atoms with Crippen molar-refractivity contribution in [2.75, 3.05) is 25.0 Å². The fourth-order valence-corrected chi connectivity index (χ4v) is 2.37. The molecule has 1 N–H and O–H groups in total. The first-order chi connectivity index (χ1) is 8.52. The minimum absolute atomic E-state index is 0.0291. The molecule has 0 saturated carbocycles. The molecule has 0 bridgehead atoms. The van der Waals surface area contributed by atoms with Crippen LogP contribution in [0.2, 0.25) is 0 Å². The Morgan fingerprint density at radius 3 is 2.83 bits per heavy atom. The third-order valence-electron chi connectivity index (χ3n) is 2.49. The molecule has 4 nitrogen and oxygen atoms in total. The normalized spacial score (nSPS) is 12.4. The number of nitriles is 1. The number of rotatable bonds is 7. The summed E-state index contributed by atoms with van der Waals surface area (Å²) in [5.74, 6) is 0.684. The standard InChI is InChI=1S/C13H22N4S/c1-10(2)6-15-7-12-9-18-13(16-12)17(4)8-11(3)5-14/h9-11,15H,6-8H2,1-4H3. The Morgan fingerprint density at radius 1 is 1.50 bits per heavy atom. The van der Waals surface area contributed by atoms with Crippen LogP contribution in [0.1, 0.15) is 26.5 Å². The zero-order valence-electron chi connectivity index (χ0n) is 11.6. The lowest BCUT2D eigenvalue weighted by Gasteiger charge is -2.16. The van der Waals surface area contributed by atoms with Crippen LogP contribution in [0.3, 0.4) is 0 Å². The van der Waals surface area contributed by atoms with Crippen molar-refractivity contribution in [2.24, 2.45) is 11.8 Å². The maximum Gasteiger partial charge on any atom is 0.185 e. The van der Waals surface area contributed by atoms with E-state index in [0.29, 0.717) is 5.92 Å². The van der Waals surface area contributed by atoms with Crippen molar-refractivity contribution in [3.05, 3.63) is 11.1 Å². The van der Waals surface area contributed by atoms with Gasteiger partial charge in [0, 0.05) is 25.5 Å². The van der Waals surface area contributed by atoms with Crippen LogP contribution in [0.15, 0.2) is 5.38 Å². The Morgan fingerprint density at radius 2 is 2.22 bits per heavy atom. The molecule has 0 aliphatic carbocycles. The van der Waals surface area contributed by atoms with Gasteiger partial charge in [-0.3, -0.25) is 0 Å². The van der Waals surface area contributed by atoms with Gasteiger partial charge in [0.05, 0.1) is 17.7 Å². The van der Waals surface area contributed by atoms with Gasteiger partial charge in [0.25, 0.3) is 0 Å². The average molecular weight is 266 g/mol. The number of nitrogens with one attached hydrogen (secondary N) is 1. The van der Waals surface area contributed by atoms with Gasteiger partial charge in [-0.05, 0) is 19.4 Å². The van der Waals surface area contributed by atoms with Crippen molar-refractivity contribution in [3.8, 4) is 6.07 Å². The fraction of sp³-hybridized carbons (Fsp3) is 0.692. The SMILES string of the molecule is CC(C)CNCc1csc(N(C)CC(C)C#N)n1. The average Bonchev–Trinajstić information content (AvgIpc) is 2.77. The smallest absolute Gasteiger partial charge is 0.185 e. The van der Waals surface area contributed by atoms with Crippen LogP contribution in [0.25, 0.3) is 0 Å². The lowest BCUT2D eigenvalue weighted by molar-refractivity contribution is 0.549. The largest absolute Gasteiger partial charge is 0.350 e. The lowest BCUT2D eigenvalue weighted by atomic mass is 10.2. The molecule has 1 unspecified atom stereocenters. The van der Waals surface area contributed by atoms with Gasteiger partial charge in [0.1, 0.15) is 0 Å². The molecule has 0 aromatic carbocycles. The van der Waals surface area contributed by atoms with Crippen LogP contribution in [0.5, 0.6) is 0 Å². The third kappa shape index (κ3) is 5.03. The Hall–Kier alpha value is -1.12. The molecular weight excluding hydrogens is 244 g/mol. The minimum Gasteiger partial charge on any atom is -0.350 e. The fourth-order valence-electron chi connectivity index (χ4n) is 1.57. The maximum atomic E-state index is 8.80. The molecule has 5 heteroatoms. The first-order valence-electron chi connectivity index (χ1n) is 6.28. The van der Waals surface area contributed by atoms with Crippen molar-refractivity contribution in [1.29, 1.82) is 5.26 Å². The van der Waals surface area contributed by atoms with Gasteiger partial charge in [-0.15, -0.1) is 11.3 Å². The predicted octanol–water partition coefficient (Wildman–Crippen LogP) is 2.48. The molecule has 1 aromatic rings. The van der Waals surface area contributed by atoms with Gasteiger partial charge in [-0.2, -0.15) is 5.26 Å². The molecule has 1 aromatic heterocycles. The Balaban J connectivity index is 2.45. The van der Waals surface area contributed by atoms with E-state index >= 15 is 0 Å². The van der Waals surface area contributed by atoms with Crippen LogP contribution >= 0.6 is 11.3 Å². The lowest BCUT2D eigenvalue weighted by Crippen LogP contribution is -2.23. The number of hydrogen-bond acceptors (Lipinski definition) is 5.